The van der Waals surface area contributed by atoms with Crippen molar-refractivity contribution in [3.8, 4) is 6.07 Å². The number of hydrogen-bond acceptors (Lipinski definition) is 5. The Balaban J connectivity index is 1.55. The lowest BCUT2D eigenvalue weighted by atomic mass is 9.85. The molecule has 2 aliphatic rings. The summed E-state index contributed by atoms with van der Waals surface area (Å²) in [7, 11) is 0. The molecule has 0 bridgehead atoms. The van der Waals surface area contributed by atoms with Gasteiger partial charge in [-0.15, -0.1) is 11.3 Å². The third-order valence-electron chi connectivity index (χ3n) is 5.63. The molecule has 0 amide bonds. The minimum absolute atomic E-state index is 0.0178. The van der Waals surface area contributed by atoms with Gasteiger partial charge in [-0.25, -0.2) is 0 Å². The predicted molar refractivity (Wildman–Crippen MR) is 98.2 cm³/mol. The van der Waals surface area contributed by atoms with Crippen molar-refractivity contribution in [3.63, 3.8) is 0 Å². The number of rotatable bonds is 7. The Morgan fingerprint density at radius 3 is 2.88 bits per heavy atom. The van der Waals surface area contributed by atoms with Crippen molar-refractivity contribution < 1.29 is 14.6 Å². The Morgan fingerprint density at radius 1 is 1.36 bits per heavy atom. The molecule has 1 saturated heterocycles. The smallest absolute Gasteiger partial charge is 0.157 e. The number of thiophene rings is 1. The molecule has 3 rings (SSSR count). The summed E-state index contributed by atoms with van der Waals surface area (Å²) >= 11 is 1.85. The zero-order valence-electron chi connectivity index (χ0n) is 15.0. The van der Waals surface area contributed by atoms with Crippen molar-refractivity contribution in [2.75, 3.05) is 13.2 Å². The molecular formula is C20H29NO3S. The molecule has 1 aromatic heterocycles. The number of hydrogen-bond donors (Lipinski definition) is 1. The van der Waals surface area contributed by atoms with Gasteiger partial charge >= 0.3 is 0 Å². The number of nitrogens with zero attached hydrogens (tertiary/aromatic N) is 1. The second kappa shape index (κ2) is 9.14. The van der Waals surface area contributed by atoms with E-state index in [-0.39, 0.29) is 36.8 Å². The molecule has 1 N–H and O–H groups in total. The van der Waals surface area contributed by atoms with Crippen LogP contribution in [0.4, 0.5) is 0 Å². The highest BCUT2D eigenvalue weighted by Crippen LogP contribution is 2.42. The van der Waals surface area contributed by atoms with Gasteiger partial charge in [0.05, 0.1) is 18.1 Å². The summed E-state index contributed by atoms with van der Waals surface area (Å²) in [5.41, 5.74) is 0. The fourth-order valence-corrected chi connectivity index (χ4v) is 5.22. The highest BCUT2D eigenvalue weighted by molar-refractivity contribution is 7.11. The average molecular weight is 364 g/mol. The van der Waals surface area contributed by atoms with Gasteiger partial charge in [0.2, 0.25) is 0 Å². The molecule has 0 aromatic carbocycles. The Labute approximate surface area is 154 Å². The van der Waals surface area contributed by atoms with Crippen LogP contribution in [0, 0.1) is 36.0 Å². The quantitative estimate of drug-likeness (QED) is 0.793. The third-order valence-corrected chi connectivity index (χ3v) is 6.69. The summed E-state index contributed by atoms with van der Waals surface area (Å²) in [5, 5.41) is 19.5. The number of aryl methyl sites for hydroxylation is 2. The Kier molecular flexibility index (Phi) is 6.89. The molecule has 1 unspecified atom stereocenters. The molecule has 2 heterocycles. The standard InChI is InChI=1S/C20H29NO3S/c1-14-8-9-16(25-14)5-4-6-17-15(12-21)11-19(18(17)13-22)24-20-7-2-3-10-23-20/h8-9,15,17-20,22H,2-7,10-11,13H2,1H3/t15-,17-,18+,19+,20?/m0/s1. The topological polar surface area (TPSA) is 62.5 Å². The van der Waals surface area contributed by atoms with Crippen LogP contribution in [0.15, 0.2) is 12.1 Å². The Hall–Kier alpha value is -0.930. The van der Waals surface area contributed by atoms with Crippen LogP contribution in [0.1, 0.15) is 48.3 Å². The van der Waals surface area contributed by atoms with Gasteiger partial charge in [-0.1, -0.05) is 0 Å². The third kappa shape index (κ3) is 4.83. The number of aliphatic hydroxyl groups is 1. The van der Waals surface area contributed by atoms with Crippen LogP contribution in [-0.4, -0.2) is 30.7 Å². The molecular weight excluding hydrogens is 334 g/mol. The molecule has 0 spiro atoms. The van der Waals surface area contributed by atoms with Crippen LogP contribution < -0.4 is 0 Å². The SMILES string of the molecule is Cc1ccc(CCC[C@@H]2[C@@H](CO)[C@H](OC3CCCCO3)C[C@H]2C#N)s1. The van der Waals surface area contributed by atoms with Crippen LogP contribution in [0.3, 0.4) is 0 Å². The summed E-state index contributed by atoms with van der Waals surface area (Å²) in [6, 6.07) is 6.83. The lowest BCUT2D eigenvalue weighted by molar-refractivity contribution is -0.198. The molecule has 5 atom stereocenters. The number of aliphatic hydroxyl groups excluding tert-OH is 1. The second-order valence-electron chi connectivity index (χ2n) is 7.36. The summed E-state index contributed by atoms with van der Waals surface area (Å²) in [6.45, 7) is 2.98. The summed E-state index contributed by atoms with van der Waals surface area (Å²) in [6.07, 6.45) is 6.78. The summed E-state index contributed by atoms with van der Waals surface area (Å²) in [4.78, 5) is 2.76. The molecule has 25 heavy (non-hydrogen) atoms. The van der Waals surface area contributed by atoms with Crippen molar-refractivity contribution in [1.29, 1.82) is 5.26 Å². The van der Waals surface area contributed by atoms with E-state index in [1.54, 1.807) is 0 Å². The van der Waals surface area contributed by atoms with E-state index < -0.39 is 0 Å². The fourth-order valence-electron chi connectivity index (χ4n) is 4.29. The second-order valence-corrected chi connectivity index (χ2v) is 8.73. The lowest BCUT2D eigenvalue weighted by Gasteiger charge is -2.29. The van der Waals surface area contributed by atoms with Crippen LogP contribution in [0.2, 0.25) is 0 Å². The van der Waals surface area contributed by atoms with E-state index in [0.717, 1.165) is 51.6 Å². The minimum Gasteiger partial charge on any atom is -0.396 e. The summed E-state index contributed by atoms with van der Waals surface area (Å²) < 4.78 is 11.8. The molecule has 5 heteroatoms. The average Bonchev–Trinajstić information content (AvgIpc) is 3.19. The van der Waals surface area contributed by atoms with Crippen LogP contribution in [0.5, 0.6) is 0 Å². The van der Waals surface area contributed by atoms with Crippen molar-refractivity contribution in [2.24, 2.45) is 17.8 Å². The van der Waals surface area contributed by atoms with Gasteiger partial charge in [0.15, 0.2) is 6.29 Å². The maximum Gasteiger partial charge on any atom is 0.157 e. The predicted octanol–water partition coefficient (Wildman–Crippen LogP) is 4.06. The number of nitriles is 1. The first-order valence-corrected chi connectivity index (χ1v) is 10.4. The molecule has 1 aromatic rings. The largest absolute Gasteiger partial charge is 0.396 e. The molecule has 1 saturated carbocycles. The van der Waals surface area contributed by atoms with Crippen molar-refractivity contribution in [3.05, 3.63) is 21.9 Å². The van der Waals surface area contributed by atoms with Gasteiger partial charge in [0, 0.05) is 28.9 Å². The minimum atomic E-state index is -0.153. The lowest BCUT2D eigenvalue weighted by Crippen LogP contribution is -2.33. The van der Waals surface area contributed by atoms with Gasteiger partial charge in [0.25, 0.3) is 0 Å². The number of ether oxygens (including phenoxy) is 2. The zero-order valence-corrected chi connectivity index (χ0v) is 15.8. The highest BCUT2D eigenvalue weighted by Gasteiger charge is 2.44. The van der Waals surface area contributed by atoms with Gasteiger partial charge < -0.3 is 14.6 Å². The van der Waals surface area contributed by atoms with Crippen molar-refractivity contribution >= 4 is 11.3 Å². The van der Waals surface area contributed by atoms with Gasteiger partial charge in [-0.3, -0.25) is 0 Å². The van der Waals surface area contributed by atoms with E-state index in [9.17, 15) is 10.4 Å². The van der Waals surface area contributed by atoms with E-state index in [2.05, 4.69) is 25.1 Å². The molecule has 0 radical (unpaired) electrons. The fraction of sp³-hybridized carbons (Fsp3) is 0.750. The van der Waals surface area contributed by atoms with Gasteiger partial charge in [0.1, 0.15) is 0 Å². The molecule has 1 aliphatic carbocycles. The Bertz CT molecular complexity index is 576. The highest BCUT2D eigenvalue weighted by atomic mass is 32.1. The maximum atomic E-state index is 9.94. The molecule has 4 nitrogen and oxygen atoms in total. The van der Waals surface area contributed by atoms with Crippen LogP contribution >= 0.6 is 11.3 Å². The van der Waals surface area contributed by atoms with E-state index in [0.29, 0.717) is 0 Å². The van der Waals surface area contributed by atoms with Crippen molar-refractivity contribution in [1.82, 2.24) is 0 Å². The van der Waals surface area contributed by atoms with Crippen molar-refractivity contribution in [2.45, 2.75) is 64.3 Å². The zero-order chi connectivity index (χ0) is 17.6. The van der Waals surface area contributed by atoms with Gasteiger partial charge in [-0.05, 0) is 69.9 Å². The molecule has 138 valence electrons. The molecule has 2 fully saturated rings. The van der Waals surface area contributed by atoms with E-state index >= 15 is 0 Å². The van der Waals surface area contributed by atoms with E-state index in [4.69, 9.17) is 9.47 Å². The van der Waals surface area contributed by atoms with E-state index in [1.165, 1.54) is 9.75 Å². The Morgan fingerprint density at radius 2 is 2.24 bits per heavy atom. The first kappa shape index (κ1) is 18.8. The van der Waals surface area contributed by atoms with E-state index in [1.807, 2.05) is 11.3 Å². The van der Waals surface area contributed by atoms with Crippen LogP contribution in [-0.2, 0) is 15.9 Å². The maximum absolute atomic E-state index is 9.94. The van der Waals surface area contributed by atoms with Crippen LogP contribution in [0.25, 0.3) is 0 Å². The van der Waals surface area contributed by atoms with Gasteiger partial charge in [-0.2, -0.15) is 5.26 Å². The monoisotopic (exact) mass is 363 g/mol. The first-order valence-electron chi connectivity index (χ1n) is 9.54. The normalized spacial score (nSPS) is 32.6. The molecule has 1 aliphatic heterocycles. The first-order chi connectivity index (χ1) is 12.2. The summed E-state index contributed by atoms with van der Waals surface area (Å²) in [5.74, 6) is 0.265.